The molecule has 2 aliphatic rings. The van der Waals surface area contributed by atoms with Gasteiger partial charge in [-0.15, -0.1) is 13.2 Å². The molecular weight excluding hydrogens is 389 g/mol. The predicted molar refractivity (Wildman–Crippen MR) is 95.5 cm³/mol. The van der Waals surface area contributed by atoms with Crippen molar-refractivity contribution in [2.24, 2.45) is 0 Å². The third-order valence-electron chi connectivity index (χ3n) is 5.22. The first-order chi connectivity index (χ1) is 13.8. The zero-order valence-electron chi connectivity index (χ0n) is 15.6. The Bertz CT molecular complexity index is 927. The van der Waals surface area contributed by atoms with Crippen molar-refractivity contribution in [3.63, 3.8) is 0 Å². The minimum absolute atomic E-state index is 0.0365. The lowest BCUT2D eigenvalue weighted by Crippen LogP contribution is -2.39. The summed E-state index contributed by atoms with van der Waals surface area (Å²) in [4.78, 5) is 11.5. The van der Waals surface area contributed by atoms with E-state index in [4.69, 9.17) is 14.2 Å². The van der Waals surface area contributed by atoms with E-state index in [1.54, 1.807) is 36.4 Å². The molecule has 0 N–H and O–H groups in total. The van der Waals surface area contributed by atoms with Crippen LogP contribution in [-0.2, 0) is 26.5 Å². The molecule has 154 valence electrons. The molecule has 5 nitrogen and oxygen atoms in total. The standard InChI is InChI=1S/C21H19F3O5/c1-26-19(25)10-14-12-27-18-11-15(6-7-16(14)18)28-20(29-21(22,23)24)9-8-13-4-2-3-5-17(13)20/h2-7,11,14H,8-10,12H2,1H3/t14?,20-/m1/s1. The van der Waals surface area contributed by atoms with E-state index >= 15 is 0 Å². The van der Waals surface area contributed by atoms with Crippen LogP contribution in [0.25, 0.3) is 0 Å². The van der Waals surface area contributed by atoms with Gasteiger partial charge in [0.2, 0.25) is 5.79 Å². The van der Waals surface area contributed by atoms with Crippen LogP contribution >= 0.6 is 0 Å². The molecular formula is C21H19F3O5. The smallest absolute Gasteiger partial charge is 0.492 e. The largest absolute Gasteiger partial charge is 0.526 e. The first-order valence-electron chi connectivity index (χ1n) is 9.17. The summed E-state index contributed by atoms with van der Waals surface area (Å²) >= 11 is 0. The van der Waals surface area contributed by atoms with E-state index in [2.05, 4.69) is 4.74 Å². The highest BCUT2D eigenvalue weighted by Gasteiger charge is 2.50. The van der Waals surface area contributed by atoms with Gasteiger partial charge in [0.15, 0.2) is 0 Å². The maximum absolute atomic E-state index is 13.2. The first-order valence-corrected chi connectivity index (χ1v) is 9.17. The molecule has 0 radical (unpaired) electrons. The van der Waals surface area contributed by atoms with Gasteiger partial charge in [-0.3, -0.25) is 4.79 Å². The lowest BCUT2D eigenvalue weighted by molar-refractivity contribution is -0.407. The Morgan fingerprint density at radius 2 is 2.03 bits per heavy atom. The van der Waals surface area contributed by atoms with E-state index in [-0.39, 0.29) is 30.5 Å². The van der Waals surface area contributed by atoms with E-state index in [1.165, 1.54) is 13.2 Å². The second-order valence-corrected chi connectivity index (χ2v) is 7.05. The fraction of sp³-hybridized carbons (Fsp3) is 0.381. The molecule has 0 saturated heterocycles. The Hall–Kier alpha value is -2.74. The van der Waals surface area contributed by atoms with Gasteiger partial charge >= 0.3 is 12.3 Å². The van der Waals surface area contributed by atoms with E-state index in [0.717, 1.165) is 11.1 Å². The van der Waals surface area contributed by atoms with Crippen LogP contribution in [0.2, 0.25) is 0 Å². The zero-order valence-corrected chi connectivity index (χ0v) is 15.6. The second kappa shape index (κ2) is 7.26. The van der Waals surface area contributed by atoms with Gasteiger partial charge in [0.05, 0.1) is 20.1 Å². The summed E-state index contributed by atoms with van der Waals surface area (Å²) in [6, 6.07) is 11.6. The molecule has 0 bridgehead atoms. The molecule has 29 heavy (non-hydrogen) atoms. The fourth-order valence-corrected chi connectivity index (χ4v) is 3.93. The third kappa shape index (κ3) is 3.89. The summed E-state index contributed by atoms with van der Waals surface area (Å²) in [5.41, 5.74) is 1.91. The summed E-state index contributed by atoms with van der Waals surface area (Å²) in [6.45, 7) is 0.293. The van der Waals surface area contributed by atoms with Crippen molar-refractivity contribution in [3.8, 4) is 11.5 Å². The van der Waals surface area contributed by atoms with Crippen molar-refractivity contribution < 1.29 is 36.9 Å². The molecule has 0 saturated carbocycles. The van der Waals surface area contributed by atoms with Gasteiger partial charge in [0.25, 0.3) is 0 Å². The van der Waals surface area contributed by atoms with E-state index in [9.17, 15) is 18.0 Å². The topological polar surface area (TPSA) is 54.0 Å². The number of fused-ring (bicyclic) bond motifs is 2. The number of aryl methyl sites for hydroxylation is 1. The average Bonchev–Trinajstić information content (AvgIpc) is 3.22. The van der Waals surface area contributed by atoms with Crippen molar-refractivity contribution in [1.29, 1.82) is 0 Å². The molecule has 0 amide bonds. The van der Waals surface area contributed by atoms with Crippen LogP contribution in [0.4, 0.5) is 13.2 Å². The highest BCUT2D eigenvalue weighted by molar-refractivity contribution is 5.71. The van der Waals surface area contributed by atoms with Crippen LogP contribution in [0.3, 0.4) is 0 Å². The Balaban J connectivity index is 1.63. The Morgan fingerprint density at radius 1 is 1.24 bits per heavy atom. The minimum Gasteiger partial charge on any atom is -0.492 e. The highest BCUT2D eigenvalue weighted by Crippen LogP contribution is 2.46. The number of ether oxygens (including phenoxy) is 4. The van der Waals surface area contributed by atoms with Gasteiger partial charge in [-0.05, 0) is 18.1 Å². The number of benzene rings is 2. The van der Waals surface area contributed by atoms with Crippen molar-refractivity contribution in [2.75, 3.05) is 13.7 Å². The summed E-state index contributed by atoms with van der Waals surface area (Å²) in [7, 11) is 1.32. The van der Waals surface area contributed by atoms with Gasteiger partial charge in [-0.2, -0.15) is 0 Å². The monoisotopic (exact) mass is 408 g/mol. The number of hydrogen-bond acceptors (Lipinski definition) is 5. The molecule has 1 aliphatic carbocycles. The van der Waals surface area contributed by atoms with Crippen LogP contribution in [0, 0.1) is 0 Å². The lowest BCUT2D eigenvalue weighted by atomic mass is 9.98. The molecule has 4 rings (SSSR count). The van der Waals surface area contributed by atoms with E-state index in [1.807, 2.05) is 0 Å². The number of esters is 1. The third-order valence-corrected chi connectivity index (χ3v) is 5.22. The van der Waals surface area contributed by atoms with Crippen molar-refractivity contribution >= 4 is 5.97 Å². The molecule has 1 unspecified atom stereocenters. The first kappa shape index (κ1) is 19.6. The van der Waals surface area contributed by atoms with Crippen molar-refractivity contribution in [3.05, 3.63) is 59.2 Å². The second-order valence-electron chi connectivity index (χ2n) is 7.05. The molecule has 0 fully saturated rings. The summed E-state index contributed by atoms with van der Waals surface area (Å²) in [5.74, 6) is -1.80. The maximum Gasteiger partial charge on any atom is 0.526 e. The fourth-order valence-electron chi connectivity index (χ4n) is 3.93. The SMILES string of the molecule is COC(=O)CC1COc2cc(O[C@@]3(OC(F)(F)F)CCc4ccccc43)ccc21. The maximum atomic E-state index is 13.2. The number of carbonyl (C=O) groups excluding carboxylic acids is 1. The molecule has 2 atom stereocenters. The molecule has 2 aromatic carbocycles. The molecule has 0 spiro atoms. The molecule has 1 aliphatic heterocycles. The van der Waals surface area contributed by atoms with Gasteiger partial charge in [-0.25, -0.2) is 4.74 Å². The molecule has 8 heteroatoms. The summed E-state index contributed by atoms with van der Waals surface area (Å²) in [5, 5.41) is 0. The normalized spacial score (nSPS) is 22.6. The van der Waals surface area contributed by atoms with Crippen LogP contribution in [-0.4, -0.2) is 26.0 Å². The quantitative estimate of drug-likeness (QED) is 0.541. The summed E-state index contributed by atoms with van der Waals surface area (Å²) < 4.78 is 60.2. The number of methoxy groups -OCH3 is 1. The van der Waals surface area contributed by atoms with Crippen molar-refractivity contribution in [2.45, 2.75) is 37.3 Å². The Morgan fingerprint density at radius 3 is 2.79 bits per heavy atom. The Kier molecular flexibility index (Phi) is 4.90. The van der Waals surface area contributed by atoms with Crippen LogP contribution in [0.15, 0.2) is 42.5 Å². The molecule has 0 aromatic heterocycles. The van der Waals surface area contributed by atoms with Crippen molar-refractivity contribution in [1.82, 2.24) is 0 Å². The number of carbonyl (C=O) groups is 1. The predicted octanol–water partition coefficient (Wildman–Crippen LogP) is 4.44. The van der Waals surface area contributed by atoms with Crippen LogP contribution in [0.1, 0.15) is 35.4 Å². The average molecular weight is 408 g/mol. The van der Waals surface area contributed by atoms with Gasteiger partial charge in [0, 0.05) is 29.5 Å². The zero-order chi connectivity index (χ0) is 20.6. The van der Waals surface area contributed by atoms with E-state index in [0.29, 0.717) is 24.3 Å². The minimum atomic E-state index is -4.86. The van der Waals surface area contributed by atoms with Gasteiger partial charge < -0.3 is 14.2 Å². The Labute approximate surface area is 165 Å². The number of hydrogen-bond donors (Lipinski definition) is 0. The molecule has 2 aromatic rings. The molecule has 1 heterocycles. The number of alkyl halides is 3. The highest BCUT2D eigenvalue weighted by atomic mass is 19.4. The van der Waals surface area contributed by atoms with Gasteiger partial charge in [-0.1, -0.05) is 30.3 Å². The van der Waals surface area contributed by atoms with Gasteiger partial charge in [0.1, 0.15) is 11.5 Å². The number of halogens is 3. The number of rotatable bonds is 5. The van der Waals surface area contributed by atoms with Crippen LogP contribution < -0.4 is 9.47 Å². The van der Waals surface area contributed by atoms with E-state index < -0.39 is 12.1 Å². The summed E-state index contributed by atoms with van der Waals surface area (Å²) in [6.07, 6.45) is -4.25. The lowest BCUT2D eigenvalue weighted by Gasteiger charge is -2.32. The van der Waals surface area contributed by atoms with Crippen LogP contribution in [0.5, 0.6) is 11.5 Å².